The van der Waals surface area contributed by atoms with E-state index < -0.39 is 0 Å². The summed E-state index contributed by atoms with van der Waals surface area (Å²) in [6, 6.07) is 10.4. The van der Waals surface area contributed by atoms with Crippen LogP contribution < -0.4 is 10.1 Å². The van der Waals surface area contributed by atoms with Crippen molar-refractivity contribution in [2.75, 3.05) is 18.5 Å². The summed E-state index contributed by atoms with van der Waals surface area (Å²) in [5.41, 5.74) is 7.62. The van der Waals surface area contributed by atoms with Crippen LogP contribution in [-0.2, 0) is 13.1 Å². The highest BCUT2D eigenvalue weighted by Gasteiger charge is 2.36. The molecule has 0 spiro atoms. The maximum Gasteiger partial charge on any atom is 0.257 e. The largest absolute Gasteiger partial charge is 0.493 e. The van der Waals surface area contributed by atoms with Gasteiger partial charge in [-0.2, -0.15) is 0 Å². The predicted octanol–water partition coefficient (Wildman–Crippen LogP) is 4.52. The Kier molecular flexibility index (Phi) is 6.64. The number of aromatic amines is 1. The molecular formula is C29H34N8O2. The first kappa shape index (κ1) is 25.2. The number of carbonyl (C=O) groups is 1. The van der Waals surface area contributed by atoms with E-state index in [0.717, 1.165) is 42.8 Å². The molecule has 1 amide bonds. The average Bonchev–Trinajstić information content (AvgIpc) is 3.53. The maximum atomic E-state index is 13.7. The van der Waals surface area contributed by atoms with Crippen LogP contribution in [0.5, 0.6) is 5.75 Å². The highest BCUT2D eigenvalue weighted by atomic mass is 16.5. The van der Waals surface area contributed by atoms with Crippen LogP contribution in [0, 0.1) is 13.8 Å². The zero-order valence-corrected chi connectivity index (χ0v) is 22.9. The second-order valence-electron chi connectivity index (χ2n) is 10.7. The SMILES string of the molecule is CCOc1cc2[nH]nnc2cc1C(=O)N1CC[C@@H](N2Cc3cnc(Nc4cc(C)cc(C)c4)nc3C2)C[C@H]1C. The fourth-order valence-electron chi connectivity index (χ4n) is 5.92. The number of H-pyrrole nitrogens is 1. The Morgan fingerprint density at radius 3 is 2.74 bits per heavy atom. The molecule has 2 aliphatic heterocycles. The first-order valence-electron chi connectivity index (χ1n) is 13.6. The fraction of sp³-hybridized carbons (Fsp3) is 0.414. The van der Waals surface area contributed by atoms with Crippen molar-refractivity contribution in [3.05, 3.63) is 64.5 Å². The van der Waals surface area contributed by atoms with E-state index in [4.69, 9.17) is 9.72 Å². The van der Waals surface area contributed by atoms with Crippen molar-refractivity contribution in [2.24, 2.45) is 0 Å². The van der Waals surface area contributed by atoms with E-state index >= 15 is 0 Å². The number of likely N-dealkylation sites (tertiary alicyclic amines) is 1. The highest BCUT2D eigenvalue weighted by Crippen LogP contribution is 2.32. The molecular weight excluding hydrogens is 492 g/mol. The van der Waals surface area contributed by atoms with Gasteiger partial charge in [0.05, 0.1) is 23.4 Å². The van der Waals surface area contributed by atoms with Crippen molar-refractivity contribution in [1.82, 2.24) is 35.2 Å². The van der Waals surface area contributed by atoms with Crippen LogP contribution in [0.15, 0.2) is 36.5 Å². The average molecular weight is 527 g/mol. The minimum absolute atomic E-state index is 0.0213. The van der Waals surface area contributed by atoms with Crippen molar-refractivity contribution < 1.29 is 9.53 Å². The number of nitrogens with zero attached hydrogens (tertiary/aromatic N) is 6. The van der Waals surface area contributed by atoms with Gasteiger partial charge in [0.2, 0.25) is 5.95 Å². The van der Waals surface area contributed by atoms with Crippen LogP contribution in [0.2, 0.25) is 0 Å². The molecule has 202 valence electrons. The van der Waals surface area contributed by atoms with Gasteiger partial charge in [0, 0.05) is 55.2 Å². The van der Waals surface area contributed by atoms with E-state index in [9.17, 15) is 4.79 Å². The third-order valence-electron chi connectivity index (χ3n) is 7.74. The number of aromatic nitrogens is 5. The molecule has 1 saturated heterocycles. The van der Waals surface area contributed by atoms with Gasteiger partial charge in [0.1, 0.15) is 11.3 Å². The number of hydrogen-bond donors (Lipinski definition) is 2. The molecule has 0 saturated carbocycles. The molecule has 2 aliphatic rings. The minimum Gasteiger partial charge on any atom is -0.493 e. The second-order valence-corrected chi connectivity index (χ2v) is 10.7. The molecule has 0 unspecified atom stereocenters. The number of ether oxygens (including phenoxy) is 1. The van der Waals surface area contributed by atoms with Gasteiger partial charge < -0.3 is 15.0 Å². The molecule has 6 rings (SSSR count). The molecule has 2 atom stereocenters. The molecule has 10 nitrogen and oxygen atoms in total. The van der Waals surface area contributed by atoms with Crippen molar-refractivity contribution in [2.45, 2.75) is 65.7 Å². The third kappa shape index (κ3) is 5.04. The van der Waals surface area contributed by atoms with Crippen LogP contribution in [-0.4, -0.2) is 66.3 Å². The van der Waals surface area contributed by atoms with Crippen LogP contribution in [0.4, 0.5) is 11.6 Å². The molecule has 39 heavy (non-hydrogen) atoms. The summed E-state index contributed by atoms with van der Waals surface area (Å²) in [7, 11) is 0. The second kappa shape index (κ2) is 10.3. The van der Waals surface area contributed by atoms with Gasteiger partial charge in [-0.3, -0.25) is 14.8 Å². The Morgan fingerprint density at radius 1 is 1.15 bits per heavy atom. The molecule has 0 aliphatic carbocycles. The normalized spacial score (nSPS) is 19.3. The number of piperidine rings is 1. The van der Waals surface area contributed by atoms with Crippen molar-refractivity contribution in [3.63, 3.8) is 0 Å². The van der Waals surface area contributed by atoms with E-state index in [1.807, 2.05) is 24.1 Å². The Labute approximate surface area is 227 Å². The van der Waals surface area contributed by atoms with Gasteiger partial charge in [-0.25, -0.2) is 9.97 Å². The predicted molar refractivity (Wildman–Crippen MR) is 149 cm³/mol. The number of aryl methyl sites for hydroxylation is 2. The van der Waals surface area contributed by atoms with E-state index in [-0.39, 0.29) is 11.9 Å². The lowest BCUT2D eigenvalue weighted by Gasteiger charge is -2.41. The van der Waals surface area contributed by atoms with E-state index in [1.165, 1.54) is 16.7 Å². The van der Waals surface area contributed by atoms with Gasteiger partial charge in [0.15, 0.2) is 0 Å². The lowest BCUT2D eigenvalue weighted by molar-refractivity contribution is 0.0457. The summed E-state index contributed by atoms with van der Waals surface area (Å²) in [6.45, 7) is 11.0. The fourth-order valence-corrected chi connectivity index (χ4v) is 5.92. The van der Waals surface area contributed by atoms with Crippen LogP contribution in [0.3, 0.4) is 0 Å². The number of fused-ring (bicyclic) bond motifs is 2. The lowest BCUT2D eigenvalue weighted by atomic mass is 9.96. The summed E-state index contributed by atoms with van der Waals surface area (Å²) >= 11 is 0. The van der Waals surface area contributed by atoms with E-state index in [1.54, 1.807) is 6.07 Å². The topological polar surface area (TPSA) is 112 Å². The van der Waals surface area contributed by atoms with Crippen LogP contribution >= 0.6 is 0 Å². The quantitative estimate of drug-likeness (QED) is 0.377. The van der Waals surface area contributed by atoms with E-state index in [0.29, 0.717) is 42.0 Å². The zero-order chi connectivity index (χ0) is 27.1. The summed E-state index contributed by atoms with van der Waals surface area (Å²) in [4.78, 5) is 27.5. The lowest BCUT2D eigenvalue weighted by Crippen LogP contribution is -2.50. The number of benzene rings is 2. The molecule has 0 bridgehead atoms. The van der Waals surface area contributed by atoms with Crippen molar-refractivity contribution in [3.8, 4) is 5.75 Å². The summed E-state index contributed by atoms with van der Waals surface area (Å²) in [5.74, 6) is 1.17. The number of amides is 1. The van der Waals surface area contributed by atoms with Gasteiger partial charge in [-0.05, 0) is 69.9 Å². The summed E-state index contributed by atoms with van der Waals surface area (Å²) in [5, 5.41) is 14.2. The molecule has 4 heterocycles. The van der Waals surface area contributed by atoms with Crippen LogP contribution in [0.1, 0.15) is 59.4 Å². The number of rotatable bonds is 6. The van der Waals surface area contributed by atoms with Gasteiger partial charge in [0.25, 0.3) is 5.91 Å². The van der Waals surface area contributed by atoms with E-state index in [2.05, 4.69) is 69.6 Å². The standard InChI is InChI=1S/C29H34N8O2/c1-5-39-27-13-25-24(33-35-34-25)12-23(27)28(38)37-7-6-22(11-19(37)4)36-15-20-14-30-29(32-26(20)16-36)31-21-9-17(2)8-18(3)10-21/h8-10,12-14,19,22H,5-7,11,15-16H2,1-4H3,(H,30,31,32)(H,33,34,35)/t19-,22-/m1/s1. The molecule has 0 radical (unpaired) electrons. The minimum atomic E-state index is -0.0213. The van der Waals surface area contributed by atoms with Gasteiger partial charge in [-0.15, -0.1) is 5.10 Å². The number of nitrogens with one attached hydrogen (secondary N) is 2. The molecule has 4 aromatic rings. The molecule has 2 N–H and O–H groups in total. The Balaban J connectivity index is 1.12. The Bertz CT molecular complexity index is 1510. The Hall–Kier alpha value is -4.05. The van der Waals surface area contributed by atoms with Crippen molar-refractivity contribution in [1.29, 1.82) is 0 Å². The maximum absolute atomic E-state index is 13.7. The van der Waals surface area contributed by atoms with Gasteiger partial charge >= 0.3 is 0 Å². The van der Waals surface area contributed by atoms with Crippen LogP contribution in [0.25, 0.3) is 11.0 Å². The smallest absolute Gasteiger partial charge is 0.257 e. The highest BCUT2D eigenvalue weighted by molar-refractivity contribution is 6.00. The first-order chi connectivity index (χ1) is 18.9. The van der Waals surface area contributed by atoms with Gasteiger partial charge in [-0.1, -0.05) is 11.3 Å². The first-order valence-corrected chi connectivity index (χ1v) is 13.6. The molecule has 2 aromatic heterocycles. The number of carbonyl (C=O) groups excluding carboxylic acids is 1. The Morgan fingerprint density at radius 2 is 1.97 bits per heavy atom. The monoisotopic (exact) mass is 526 g/mol. The summed E-state index contributed by atoms with van der Waals surface area (Å²) < 4.78 is 5.81. The molecule has 1 fully saturated rings. The number of hydrogen-bond acceptors (Lipinski definition) is 8. The molecule has 2 aromatic carbocycles. The molecule has 10 heteroatoms. The number of anilines is 2. The van der Waals surface area contributed by atoms with Crippen molar-refractivity contribution >= 4 is 28.6 Å². The third-order valence-corrected chi connectivity index (χ3v) is 7.74. The summed E-state index contributed by atoms with van der Waals surface area (Å²) in [6.07, 6.45) is 3.75. The zero-order valence-electron chi connectivity index (χ0n) is 22.9.